The monoisotopic (exact) mass is 242 g/mol. The van der Waals surface area contributed by atoms with E-state index in [2.05, 4.69) is 10.0 Å². The van der Waals surface area contributed by atoms with Gasteiger partial charge in [0.25, 0.3) is 0 Å². The lowest BCUT2D eigenvalue weighted by atomic mass is 10.1. The molecule has 0 saturated heterocycles. The number of rotatable bonds is 4. The summed E-state index contributed by atoms with van der Waals surface area (Å²) in [7, 11) is 0. The molecular formula is C9H11ClN4O2. The predicted octanol–water partition coefficient (Wildman–Crippen LogP) is 2.00. The second-order valence-corrected chi connectivity index (χ2v) is 3.01. The summed E-state index contributed by atoms with van der Waals surface area (Å²) >= 11 is 0. The molecule has 0 bridgehead atoms. The highest BCUT2D eigenvalue weighted by Gasteiger charge is 2.11. The van der Waals surface area contributed by atoms with Crippen LogP contribution in [-0.4, -0.2) is 17.1 Å². The van der Waals surface area contributed by atoms with Gasteiger partial charge in [-0.1, -0.05) is 23.3 Å². The van der Waals surface area contributed by atoms with Crippen LogP contribution in [0.2, 0.25) is 0 Å². The molecule has 0 aromatic heterocycles. The van der Waals surface area contributed by atoms with Gasteiger partial charge in [-0.25, -0.2) is 0 Å². The van der Waals surface area contributed by atoms with Crippen molar-refractivity contribution in [3.05, 3.63) is 40.3 Å². The molecule has 0 saturated carbocycles. The molecule has 0 radical (unpaired) electrons. The van der Waals surface area contributed by atoms with Crippen LogP contribution in [0.25, 0.3) is 10.4 Å². The number of benzene rings is 1. The summed E-state index contributed by atoms with van der Waals surface area (Å²) in [6.07, 6.45) is 0.212. The van der Waals surface area contributed by atoms with Crippen molar-refractivity contribution in [1.82, 2.24) is 0 Å². The van der Waals surface area contributed by atoms with Crippen LogP contribution in [0.3, 0.4) is 0 Å². The highest BCUT2D eigenvalue weighted by Crippen LogP contribution is 2.15. The average Bonchev–Trinajstić information content (AvgIpc) is 2.18. The van der Waals surface area contributed by atoms with Gasteiger partial charge in [0.2, 0.25) is 0 Å². The lowest BCUT2D eigenvalue weighted by Gasteiger charge is -2.06. The van der Waals surface area contributed by atoms with Gasteiger partial charge in [0.15, 0.2) is 0 Å². The minimum atomic E-state index is -1.05. The quantitative estimate of drug-likeness (QED) is 0.478. The Morgan fingerprint density at radius 2 is 2.31 bits per heavy atom. The van der Waals surface area contributed by atoms with Crippen molar-refractivity contribution in [3.8, 4) is 0 Å². The standard InChI is InChI=1S/C9H10N4O2.ClH/c10-8(9(14)15)5-6-2-1-3-7(4-6)12-13-11;/h1-4,8H,5,10H2,(H,14,15);1H/t8-;/m0./s1. The van der Waals surface area contributed by atoms with Crippen LogP contribution in [-0.2, 0) is 11.2 Å². The van der Waals surface area contributed by atoms with Gasteiger partial charge in [-0.2, -0.15) is 0 Å². The van der Waals surface area contributed by atoms with Gasteiger partial charge in [0.1, 0.15) is 6.04 Å². The van der Waals surface area contributed by atoms with Crippen LogP contribution in [0, 0.1) is 0 Å². The normalized spacial score (nSPS) is 10.8. The van der Waals surface area contributed by atoms with E-state index in [1.807, 2.05) is 0 Å². The topological polar surface area (TPSA) is 112 Å². The highest BCUT2D eigenvalue weighted by atomic mass is 35.5. The molecule has 0 fully saturated rings. The molecule has 0 aliphatic heterocycles. The molecule has 1 atom stereocenters. The second-order valence-electron chi connectivity index (χ2n) is 3.01. The first-order valence-electron chi connectivity index (χ1n) is 4.26. The molecule has 0 spiro atoms. The number of hydrogen-bond acceptors (Lipinski definition) is 3. The molecule has 3 N–H and O–H groups in total. The number of carboxylic acid groups (broad SMARTS) is 1. The Balaban J connectivity index is 0.00000225. The maximum atomic E-state index is 10.5. The van der Waals surface area contributed by atoms with Gasteiger partial charge in [0, 0.05) is 10.6 Å². The van der Waals surface area contributed by atoms with Gasteiger partial charge in [-0.15, -0.1) is 12.4 Å². The second kappa shape index (κ2) is 6.68. The fourth-order valence-corrected chi connectivity index (χ4v) is 1.14. The zero-order valence-electron chi connectivity index (χ0n) is 8.28. The van der Waals surface area contributed by atoms with Crippen molar-refractivity contribution in [1.29, 1.82) is 0 Å². The van der Waals surface area contributed by atoms with Gasteiger partial charge in [-0.3, -0.25) is 4.79 Å². The van der Waals surface area contributed by atoms with Crippen LogP contribution in [0.4, 0.5) is 5.69 Å². The average molecular weight is 243 g/mol. The van der Waals surface area contributed by atoms with E-state index in [-0.39, 0.29) is 18.8 Å². The Morgan fingerprint density at radius 3 is 2.88 bits per heavy atom. The Kier molecular flexibility index (Phi) is 5.95. The summed E-state index contributed by atoms with van der Waals surface area (Å²) in [5.74, 6) is -1.05. The maximum absolute atomic E-state index is 10.5. The number of hydrogen-bond donors (Lipinski definition) is 2. The molecule has 7 heteroatoms. The van der Waals surface area contributed by atoms with Crippen molar-refractivity contribution in [2.75, 3.05) is 0 Å². The number of nitrogens with two attached hydrogens (primary N) is 1. The first kappa shape index (κ1) is 14.2. The molecule has 0 aliphatic rings. The molecule has 1 aromatic rings. The van der Waals surface area contributed by atoms with Crippen LogP contribution in [0.5, 0.6) is 0 Å². The number of azide groups is 1. The number of carbonyl (C=O) groups is 1. The Bertz CT molecular complexity index is 418. The third kappa shape index (κ3) is 4.18. The molecule has 16 heavy (non-hydrogen) atoms. The molecule has 86 valence electrons. The fraction of sp³-hybridized carbons (Fsp3) is 0.222. The van der Waals surface area contributed by atoms with E-state index in [1.165, 1.54) is 0 Å². The number of carboxylic acids is 1. The van der Waals surface area contributed by atoms with E-state index in [4.69, 9.17) is 16.4 Å². The zero-order chi connectivity index (χ0) is 11.3. The Morgan fingerprint density at radius 1 is 1.62 bits per heavy atom. The summed E-state index contributed by atoms with van der Waals surface area (Å²) in [6, 6.07) is 5.73. The molecule has 6 nitrogen and oxygen atoms in total. The van der Waals surface area contributed by atoms with Crippen molar-refractivity contribution in [2.24, 2.45) is 10.8 Å². The van der Waals surface area contributed by atoms with Gasteiger partial charge in [0.05, 0.1) is 0 Å². The van der Waals surface area contributed by atoms with E-state index in [9.17, 15) is 4.79 Å². The number of aliphatic carboxylic acids is 1. The van der Waals surface area contributed by atoms with Crippen molar-refractivity contribution in [3.63, 3.8) is 0 Å². The van der Waals surface area contributed by atoms with E-state index in [0.29, 0.717) is 5.69 Å². The van der Waals surface area contributed by atoms with Gasteiger partial charge in [-0.05, 0) is 23.6 Å². The van der Waals surface area contributed by atoms with Gasteiger partial charge < -0.3 is 10.8 Å². The first-order chi connectivity index (χ1) is 7.13. The van der Waals surface area contributed by atoms with Gasteiger partial charge >= 0.3 is 5.97 Å². The minimum Gasteiger partial charge on any atom is -0.480 e. The third-order valence-corrected chi connectivity index (χ3v) is 1.84. The smallest absolute Gasteiger partial charge is 0.320 e. The maximum Gasteiger partial charge on any atom is 0.320 e. The lowest BCUT2D eigenvalue weighted by Crippen LogP contribution is -2.32. The van der Waals surface area contributed by atoms with Crippen LogP contribution >= 0.6 is 12.4 Å². The van der Waals surface area contributed by atoms with E-state index in [0.717, 1.165) is 5.56 Å². The first-order valence-corrected chi connectivity index (χ1v) is 4.26. The zero-order valence-corrected chi connectivity index (χ0v) is 9.09. The fourth-order valence-electron chi connectivity index (χ4n) is 1.14. The highest BCUT2D eigenvalue weighted by molar-refractivity contribution is 5.85. The summed E-state index contributed by atoms with van der Waals surface area (Å²) in [6.45, 7) is 0. The molecule has 1 rings (SSSR count). The predicted molar refractivity (Wildman–Crippen MR) is 61.8 cm³/mol. The minimum absolute atomic E-state index is 0. The Labute approximate surface area is 98.1 Å². The van der Waals surface area contributed by atoms with Crippen molar-refractivity contribution >= 4 is 24.1 Å². The van der Waals surface area contributed by atoms with Crippen LogP contribution in [0.15, 0.2) is 29.4 Å². The third-order valence-electron chi connectivity index (χ3n) is 1.84. The summed E-state index contributed by atoms with van der Waals surface area (Å²) in [4.78, 5) is 13.1. The van der Waals surface area contributed by atoms with Crippen molar-refractivity contribution < 1.29 is 9.90 Å². The largest absolute Gasteiger partial charge is 0.480 e. The van der Waals surface area contributed by atoms with Crippen molar-refractivity contribution in [2.45, 2.75) is 12.5 Å². The molecule has 0 aliphatic carbocycles. The molecular weight excluding hydrogens is 232 g/mol. The van der Waals surface area contributed by atoms with Crippen LogP contribution in [0.1, 0.15) is 5.56 Å². The molecule has 0 heterocycles. The van der Waals surface area contributed by atoms with E-state index >= 15 is 0 Å². The number of nitrogens with zero attached hydrogens (tertiary/aromatic N) is 3. The number of halogens is 1. The summed E-state index contributed by atoms with van der Waals surface area (Å²) < 4.78 is 0. The SMILES string of the molecule is Cl.[N-]=[N+]=Nc1cccc(C[C@H](N)C(=O)O)c1. The Hall–Kier alpha value is -1.75. The van der Waals surface area contributed by atoms with E-state index in [1.54, 1.807) is 24.3 Å². The molecule has 1 aromatic carbocycles. The molecule has 0 unspecified atom stereocenters. The summed E-state index contributed by atoms with van der Waals surface area (Å²) in [5.41, 5.74) is 14.8. The van der Waals surface area contributed by atoms with Crippen LogP contribution < -0.4 is 5.73 Å². The summed E-state index contributed by atoms with van der Waals surface area (Å²) in [5, 5.41) is 12.0. The molecule has 0 amide bonds. The van der Waals surface area contributed by atoms with E-state index < -0.39 is 12.0 Å². The lowest BCUT2D eigenvalue weighted by molar-refractivity contribution is -0.138.